The average Bonchev–Trinajstić information content (AvgIpc) is 3.16. The zero-order valence-corrected chi connectivity index (χ0v) is 21.4. The Morgan fingerprint density at radius 3 is 2.61 bits per heavy atom. The third-order valence-electron chi connectivity index (χ3n) is 5.10. The van der Waals surface area contributed by atoms with Crippen molar-refractivity contribution >= 4 is 43.5 Å². The molecule has 8 nitrogen and oxygen atoms in total. The Labute approximate surface area is 207 Å². The van der Waals surface area contributed by atoms with Gasteiger partial charge in [0.1, 0.15) is 0 Å². The highest BCUT2D eigenvalue weighted by Crippen LogP contribution is 2.47. The lowest BCUT2D eigenvalue weighted by Gasteiger charge is -2.12. The van der Waals surface area contributed by atoms with Crippen LogP contribution in [0.25, 0.3) is 22.8 Å². The van der Waals surface area contributed by atoms with Gasteiger partial charge in [-0.25, -0.2) is 9.78 Å². The van der Waals surface area contributed by atoms with E-state index in [4.69, 9.17) is 9.15 Å². The molecule has 3 rings (SSSR count). The van der Waals surface area contributed by atoms with Crippen molar-refractivity contribution in [1.82, 2.24) is 4.98 Å². The van der Waals surface area contributed by atoms with Gasteiger partial charge in [0.15, 0.2) is 5.76 Å². The first-order chi connectivity index (χ1) is 15.7. The third-order valence-corrected chi connectivity index (χ3v) is 7.21. The highest BCUT2D eigenvalue weighted by atomic mass is 79.9. The topological polar surface area (TPSA) is 116 Å². The number of aromatic nitrogens is 1. The second-order valence-corrected chi connectivity index (χ2v) is 8.88. The lowest BCUT2D eigenvalue weighted by atomic mass is 9.99. The number of nitrogens with zero attached hydrogens (tertiary/aromatic N) is 2. The minimum Gasteiger partial charge on any atom is -0.486 e. The minimum absolute atomic E-state index is 0.0769. The Hall–Kier alpha value is -2.72. The molecule has 33 heavy (non-hydrogen) atoms. The quantitative estimate of drug-likeness (QED) is 0.161. The van der Waals surface area contributed by atoms with E-state index in [-0.39, 0.29) is 22.9 Å². The van der Waals surface area contributed by atoms with Crippen LogP contribution in [0.2, 0.25) is 0 Å². The van der Waals surface area contributed by atoms with Crippen molar-refractivity contribution in [3.8, 4) is 28.5 Å². The molecule has 0 saturated heterocycles. The van der Waals surface area contributed by atoms with Crippen molar-refractivity contribution in [1.29, 1.82) is 0 Å². The number of carboxylic acids is 1. The largest absolute Gasteiger partial charge is 0.486 e. The van der Waals surface area contributed by atoms with Gasteiger partial charge in [-0.2, -0.15) is 0 Å². The smallest absolute Gasteiger partial charge is 0.336 e. The van der Waals surface area contributed by atoms with E-state index in [2.05, 4.69) is 36.8 Å². The molecule has 0 atom stereocenters. The highest BCUT2D eigenvalue weighted by Gasteiger charge is 2.28. The highest BCUT2D eigenvalue weighted by molar-refractivity contribution is 9.13. The number of hydrogen-bond acceptors (Lipinski definition) is 6. The molecular weight excluding hydrogens is 560 g/mol. The fourth-order valence-electron chi connectivity index (χ4n) is 3.43. The number of aryl methyl sites for hydroxylation is 2. The van der Waals surface area contributed by atoms with Gasteiger partial charge in [0.25, 0.3) is 0 Å². The summed E-state index contributed by atoms with van der Waals surface area (Å²) in [6.45, 7) is 5.96. The first kappa shape index (κ1) is 24.9. The monoisotopic (exact) mass is 580 g/mol. The molecule has 0 spiro atoms. The molecule has 1 heterocycles. The standard InChI is InChI=1S/C23H22Br2N2O6/c1-4-6-10-32-21-16(27(30)31)11-15(18(24)19(21)25)20-12(3)26-22(33-20)17-13(5-2)8-7-9-14(17)23(28)29/h7-9,11H,4-6,10H2,1-3H3,(H,28,29). The maximum absolute atomic E-state index is 11.8. The summed E-state index contributed by atoms with van der Waals surface area (Å²) >= 11 is 6.91. The summed E-state index contributed by atoms with van der Waals surface area (Å²) in [6.07, 6.45) is 2.23. The molecule has 0 radical (unpaired) electrons. The maximum atomic E-state index is 11.8. The summed E-state index contributed by atoms with van der Waals surface area (Å²) in [5.74, 6) is -0.522. The summed E-state index contributed by atoms with van der Waals surface area (Å²) in [6, 6.07) is 6.37. The van der Waals surface area contributed by atoms with Crippen molar-refractivity contribution in [3.63, 3.8) is 0 Å². The first-order valence-electron chi connectivity index (χ1n) is 10.3. The van der Waals surface area contributed by atoms with Crippen LogP contribution >= 0.6 is 31.9 Å². The zero-order valence-electron chi connectivity index (χ0n) is 18.3. The average molecular weight is 582 g/mol. The van der Waals surface area contributed by atoms with Gasteiger partial charge in [-0.05, 0) is 63.3 Å². The predicted octanol–water partition coefficient (Wildman–Crippen LogP) is 7.19. The fraction of sp³-hybridized carbons (Fsp3) is 0.304. The molecule has 0 aliphatic rings. The molecule has 0 amide bonds. The number of carbonyl (C=O) groups is 1. The molecule has 0 saturated carbocycles. The molecule has 10 heteroatoms. The molecule has 3 aromatic rings. The Morgan fingerprint density at radius 1 is 1.27 bits per heavy atom. The molecule has 0 aliphatic carbocycles. The molecule has 0 bridgehead atoms. The van der Waals surface area contributed by atoms with E-state index in [1.807, 2.05) is 19.9 Å². The number of hydrogen-bond donors (Lipinski definition) is 1. The Kier molecular flexibility index (Phi) is 7.91. The number of rotatable bonds is 9. The van der Waals surface area contributed by atoms with Crippen molar-refractivity contribution in [2.45, 2.75) is 40.0 Å². The van der Waals surface area contributed by atoms with Gasteiger partial charge in [-0.1, -0.05) is 32.4 Å². The van der Waals surface area contributed by atoms with E-state index in [0.29, 0.717) is 44.6 Å². The number of carboxylic acid groups (broad SMARTS) is 1. The summed E-state index contributed by atoms with van der Waals surface area (Å²) in [5, 5.41) is 21.5. The first-order valence-corrected chi connectivity index (χ1v) is 11.9. The van der Waals surface area contributed by atoms with Crippen LogP contribution in [0.15, 0.2) is 37.6 Å². The van der Waals surface area contributed by atoms with Gasteiger partial charge in [-0.3, -0.25) is 10.1 Å². The van der Waals surface area contributed by atoms with Crippen molar-refractivity contribution in [3.05, 3.63) is 60.1 Å². The summed E-state index contributed by atoms with van der Waals surface area (Å²) in [7, 11) is 0. The zero-order chi connectivity index (χ0) is 24.3. The van der Waals surface area contributed by atoms with Gasteiger partial charge in [0.05, 0.1) is 32.8 Å². The Balaban J connectivity index is 2.19. The summed E-state index contributed by atoms with van der Waals surface area (Å²) in [5.41, 5.74) is 1.90. The normalized spacial score (nSPS) is 10.9. The van der Waals surface area contributed by atoms with Crippen LogP contribution < -0.4 is 4.74 Å². The molecule has 174 valence electrons. The molecular formula is C23H22Br2N2O6. The predicted molar refractivity (Wildman–Crippen MR) is 131 cm³/mol. The summed E-state index contributed by atoms with van der Waals surface area (Å²) in [4.78, 5) is 27.6. The van der Waals surface area contributed by atoms with Crippen molar-refractivity contribution in [2.75, 3.05) is 6.61 Å². The van der Waals surface area contributed by atoms with Gasteiger partial charge < -0.3 is 14.3 Å². The van der Waals surface area contributed by atoms with Crippen LogP contribution in [-0.2, 0) is 6.42 Å². The van der Waals surface area contributed by atoms with Crippen molar-refractivity contribution < 1.29 is 24.0 Å². The number of halogens is 2. The Morgan fingerprint density at radius 2 is 2.00 bits per heavy atom. The third kappa shape index (κ3) is 4.96. The molecule has 2 aromatic carbocycles. The van der Waals surface area contributed by atoms with Gasteiger partial charge in [0, 0.05) is 16.1 Å². The SMILES string of the molecule is CCCCOc1c([N+](=O)[O-])cc(-c2oc(-c3c(CC)cccc3C(=O)O)nc2C)c(Br)c1Br. The van der Waals surface area contributed by atoms with Crippen molar-refractivity contribution in [2.24, 2.45) is 0 Å². The molecule has 1 aromatic heterocycles. The fourth-order valence-corrected chi connectivity index (χ4v) is 4.44. The number of unbranched alkanes of at least 4 members (excludes halogenated alkanes) is 1. The number of aromatic carboxylic acids is 1. The van der Waals surface area contributed by atoms with Gasteiger partial charge >= 0.3 is 11.7 Å². The lowest BCUT2D eigenvalue weighted by Crippen LogP contribution is -2.02. The van der Waals surface area contributed by atoms with Crippen LogP contribution in [0, 0.1) is 17.0 Å². The number of oxazole rings is 1. The molecule has 0 unspecified atom stereocenters. The van der Waals surface area contributed by atoms with E-state index in [9.17, 15) is 20.0 Å². The molecule has 0 fully saturated rings. The number of benzene rings is 2. The summed E-state index contributed by atoms with van der Waals surface area (Å²) < 4.78 is 12.6. The second kappa shape index (κ2) is 10.5. The molecule has 1 N–H and O–H groups in total. The number of nitro benzene ring substituents is 1. The van der Waals surface area contributed by atoms with Gasteiger partial charge in [-0.15, -0.1) is 0 Å². The van der Waals surface area contributed by atoms with E-state index in [1.165, 1.54) is 12.1 Å². The minimum atomic E-state index is -1.09. The maximum Gasteiger partial charge on any atom is 0.336 e. The van der Waals surface area contributed by atoms with E-state index >= 15 is 0 Å². The van der Waals surface area contributed by atoms with E-state index < -0.39 is 10.9 Å². The lowest BCUT2D eigenvalue weighted by molar-refractivity contribution is -0.385. The second-order valence-electron chi connectivity index (χ2n) is 7.29. The van der Waals surface area contributed by atoms with Crippen LogP contribution in [0.1, 0.15) is 48.3 Å². The van der Waals surface area contributed by atoms with Crippen LogP contribution in [0.5, 0.6) is 5.75 Å². The number of nitro groups is 1. The van der Waals surface area contributed by atoms with Crippen LogP contribution in [0.4, 0.5) is 5.69 Å². The Bertz CT molecular complexity index is 1220. The van der Waals surface area contributed by atoms with Crippen LogP contribution in [0.3, 0.4) is 0 Å². The van der Waals surface area contributed by atoms with Crippen LogP contribution in [-0.4, -0.2) is 27.6 Å². The number of ether oxygens (including phenoxy) is 1. The van der Waals surface area contributed by atoms with E-state index in [1.54, 1.807) is 13.0 Å². The van der Waals surface area contributed by atoms with Gasteiger partial charge in [0.2, 0.25) is 11.6 Å². The molecule has 0 aliphatic heterocycles. The van der Waals surface area contributed by atoms with E-state index in [0.717, 1.165) is 18.4 Å².